The Morgan fingerprint density at radius 3 is 2.31 bits per heavy atom. The fraction of sp³-hybridized carbons (Fsp3) is 0.370. The maximum atomic E-state index is 14.2. The van der Waals surface area contributed by atoms with Crippen molar-refractivity contribution in [2.75, 3.05) is 61.5 Å². The van der Waals surface area contributed by atoms with Crippen molar-refractivity contribution < 1.29 is 9.18 Å². The molecule has 0 saturated carbocycles. The Hall–Kier alpha value is -3.68. The molecule has 2 aliphatic heterocycles. The second-order valence-corrected chi connectivity index (χ2v) is 9.38. The first-order valence-electron chi connectivity index (χ1n) is 12.1. The summed E-state index contributed by atoms with van der Waals surface area (Å²) < 4.78 is 14.2. The summed E-state index contributed by atoms with van der Waals surface area (Å²) >= 11 is 0. The van der Waals surface area contributed by atoms with Gasteiger partial charge in [-0.3, -0.25) is 4.79 Å². The topological polar surface area (TPSA) is 55.8 Å². The summed E-state index contributed by atoms with van der Waals surface area (Å²) in [7, 11) is 3.95. The monoisotopic (exact) mass is 474 g/mol. The van der Waals surface area contributed by atoms with Gasteiger partial charge in [0.15, 0.2) is 0 Å². The number of nitrogens with zero attached hydrogens (tertiary/aromatic N) is 6. The fourth-order valence-corrected chi connectivity index (χ4v) is 4.91. The zero-order chi connectivity index (χ0) is 24.5. The number of piperazine rings is 1. The molecule has 1 fully saturated rings. The van der Waals surface area contributed by atoms with Crippen LogP contribution in [0.2, 0.25) is 0 Å². The third-order valence-electron chi connectivity index (χ3n) is 6.87. The molecular weight excluding hydrogens is 443 g/mol. The number of carbonyl (C=O) groups excluding carboxylic acids is 1. The zero-order valence-corrected chi connectivity index (χ0v) is 20.5. The van der Waals surface area contributed by atoms with E-state index in [-0.39, 0.29) is 11.7 Å². The van der Waals surface area contributed by atoms with Crippen LogP contribution in [0.5, 0.6) is 0 Å². The number of hydrogen-bond donors (Lipinski definition) is 0. The van der Waals surface area contributed by atoms with Crippen LogP contribution in [-0.2, 0) is 13.0 Å². The van der Waals surface area contributed by atoms with Gasteiger partial charge in [-0.05, 0) is 30.7 Å². The molecule has 2 aliphatic rings. The van der Waals surface area contributed by atoms with Crippen molar-refractivity contribution in [3.63, 3.8) is 0 Å². The summed E-state index contributed by atoms with van der Waals surface area (Å²) in [5.74, 6) is 1.42. The SMILES string of the molecule is Cc1ccccc1C(=O)N1CCc2nc(N3CCN(c4ccccc4F)CC3)nc(N(C)C)c2C1. The number of hydrogen-bond acceptors (Lipinski definition) is 6. The Morgan fingerprint density at radius 1 is 0.914 bits per heavy atom. The molecule has 0 aliphatic carbocycles. The number of rotatable bonds is 4. The number of benzene rings is 2. The number of aryl methyl sites for hydroxylation is 1. The van der Waals surface area contributed by atoms with Gasteiger partial charge in [0.05, 0.1) is 17.9 Å². The summed E-state index contributed by atoms with van der Waals surface area (Å²) in [6.45, 7) is 5.95. The highest BCUT2D eigenvalue weighted by Gasteiger charge is 2.29. The molecule has 2 aromatic carbocycles. The molecule has 1 amide bonds. The highest BCUT2D eigenvalue weighted by atomic mass is 19.1. The van der Waals surface area contributed by atoms with Gasteiger partial charge in [0.1, 0.15) is 11.6 Å². The summed E-state index contributed by atoms with van der Waals surface area (Å²) in [6.07, 6.45) is 0.693. The predicted octanol–water partition coefficient (Wildman–Crippen LogP) is 3.52. The highest BCUT2D eigenvalue weighted by Crippen LogP contribution is 2.30. The molecule has 1 saturated heterocycles. The van der Waals surface area contributed by atoms with Crippen LogP contribution in [0.4, 0.5) is 21.8 Å². The quantitative estimate of drug-likeness (QED) is 0.577. The number of aromatic nitrogens is 2. The molecule has 7 nitrogen and oxygen atoms in total. The molecule has 1 aromatic heterocycles. The Bertz CT molecular complexity index is 1240. The van der Waals surface area contributed by atoms with Gasteiger partial charge in [0.25, 0.3) is 5.91 Å². The van der Waals surface area contributed by atoms with E-state index in [1.165, 1.54) is 6.07 Å². The van der Waals surface area contributed by atoms with Gasteiger partial charge in [-0.1, -0.05) is 30.3 Å². The first kappa shape index (κ1) is 23.1. The number of para-hydroxylation sites is 1. The van der Waals surface area contributed by atoms with Crippen LogP contribution in [0.15, 0.2) is 48.5 Å². The largest absolute Gasteiger partial charge is 0.366 e. The third-order valence-corrected chi connectivity index (χ3v) is 6.87. The average Bonchev–Trinajstić information content (AvgIpc) is 2.88. The number of carbonyl (C=O) groups is 1. The van der Waals surface area contributed by atoms with Crippen LogP contribution >= 0.6 is 0 Å². The van der Waals surface area contributed by atoms with Crippen molar-refractivity contribution in [1.29, 1.82) is 0 Å². The van der Waals surface area contributed by atoms with Crippen molar-refractivity contribution in [3.05, 3.63) is 76.7 Å². The second-order valence-electron chi connectivity index (χ2n) is 9.38. The minimum atomic E-state index is -0.189. The van der Waals surface area contributed by atoms with E-state index in [1.54, 1.807) is 6.07 Å². The van der Waals surface area contributed by atoms with E-state index in [2.05, 4.69) is 9.80 Å². The maximum Gasteiger partial charge on any atom is 0.254 e. The molecule has 0 atom stereocenters. The summed E-state index contributed by atoms with van der Waals surface area (Å²) in [5, 5.41) is 0. The summed E-state index contributed by atoms with van der Waals surface area (Å²) in [5.41, 5.74) is 4.39. The maximum absolute atomic E-state index is 14.2. The van der Waals surface area contributed by atoms with Crippen LogP contribution in [0.3, 0.4) is 0 Å². The normalized spacial score (nSPS) is 15.7. The lowest BCUT2D eigenvalue weighted by molar-refractivity contribution is 0.0733. The van der Waals surface area contributed by atoms with Crippen LogP contribution in [0.1, 0.15) is 27.2 Å². The van der Waals surface area contributed by atoms with Gasteiger partial charge in [0, 0.05) is 64.4 Å². The van der Waals surface area contributed by atoms with E-state index in [0.29, 0.717) is 44.2 Å². The molecule has 0 N–H and O–H groups in total. The van der Waals surface area contributed by atoms with Crippen LogP contribution in [0, 0.1) is 12.7 Å². The lowest BCUT2D eigenvalue weighted by Gasteiger charge is -2.37. The molecule has 0 spiro atoms. The smallest absolute Gasteiger partial charge is 0.254 e. The minimum Gasteiger partial charge on any atom is -0.366 e. The Morgan fingerprint density at radius 2 is 1.60 bits per heavy atom. The molecule has 182 valence electrons. The molecule has 3 aromatic rings. The average molecular weight is 475 g/mol. The Kier molecular flexibility index (Phi) is 6.28. The van der Waals surface area contributed by atoms with Crippen molar-refractivity contribution in [1.82, 2.24) is 14.9 Å². The summed E-state index contributed by atoms with van der Waals surface area (Å²) in [6, 6.07) is 14.6. The number of amides is 1. The van der Waals surface area contributed by atoms with Crippen molar-refractivity contribution >= 4 is 23.4 Å². The number of anilines is 3. The predicted molar refractivity (Wildman–Crippen MR) is 137 cm³/mol. The van der Waals surface area contributed by atoms with E-state index >= 15 is 0 Å². The van der Waals surface area contributed by atoms with E-state index in [9.17, 15) is 9.18 Å². The van der Waals surface area contributed by atoms with Crippen molar-refractivity contribution in [3.8, 4) is 0 Å². The third kappa shape index (κ3) is 4.52. The lowest BCUT2D eigenvalue weighted by Crippen LogP contribution is -2.47. The molecule has 5 rings (SSSR count). The van der Waals surface area contributed by atoms with E-state index in [4.69, 9.17) is 9.97 Å². The van der Waals surface area contributed by atoms with Crippen LogP contribution < -0.4 is 14.7 Å². The highest BCUT2D eigenvalue weighted by molar-refractivity contribution is 5.95. The zero-order valence-electron chi connectivity index (χ0n) is 20.5. The van der Waals surface area contributed by atoms with Crippen LogP contribution in [0.25, 0.3) is 0 Å². The minimum absolute atomic E-state index is 0.0480. The van der Waals surface area contributed by atoms with Crippen LogP contribution in [-0.4, -0.2) is 67.6 Å². The molecule has 3 heterocycles. The fourth-order valence-electron chi connectivity index (χ4n) is 4.91. The molecule has 0 radical (unpaired) electrons. The molecule has 35 heavy (non-hydrogen) atoms. The second kappa shape index (κ2) is 9.52. The van der Waals surface area contributed by atoms with Crippen molar-refractivity contribution in [2.24, 2.45) is 0 Å². The first-order valence-corrected chi connectivity index (χ1v) is 12.1. The van der Waals surface area contributed by atoms with Gasteiger partial charge in [0.2, 0.25) is 5.95 Å². The van der Waals surface area contributed by atoms with E-state index in [1.807, 2.05) is 67.2 Å². The Labute approximate surface area is 205 Å². The first-order chi connectivity index (χ1) is 16.9. The van der Waals surface area contributed by atoms with Gasteiger partial charge in [-0.25, -0.2) is 9.37 Å². The molecule has 8 heteroatoms. The van der Waals surface area contributed by atoms with E-state index in [0.717, 1.165) is 41.3 Å². The number of fused-ring (bicyclic) bond motifs is 1. The Balaban J connectivity index is 1.36. The van der Waals surface area contributed by atoms with E-state index < -0.39 is 0 Å². The molecule has 0 bridgehead atoms. The van der Waals surface area contributed by atoms with Gasteiger partial charge in [-0.15, -0.1) is 0 Å². The van der Waals surface area contributed by atoms with Gasteiger partial charge >= 0.3 is 0 Å². The standard InChI is InChI=1S/C27H31FN6O/c1-19-8-4-5-9-20(19)26(35)34-13-12-23-21(18-34)25(31(2)3)30-27(29-23)33-16-14-32(15-17-33)24-11-7-6-10-22(24)28/h4-11H,12-18H2,1-3H3. The van der Waals surface area contributed by atoms with Crippen molar-refractivity contribution in [2.45, 2.75) is 19.9 Å². The summed E-state index contributed by atoms with van der Waals surface area (Å²) in [4.78, 5) is 31.2. The van der Waals surface area contributed by atoms with Gasteiger partial charge < -0.3 is 19.6 Å². The molecular formula is C27H31FN6O. The lowest BCUT2D eigenvalue weighted by atomic mass is 10.0. The van der Waals surface area contributed by atoms with Gasteiger partial charge in [-0.2, -0.15) is 4.98 Å². The number of halogens is 1. The molecule has 0 unspecified atom stereocenters.